The smallest absolute Gasteiger partial charge is 0.312 e. The Morgan fingerprint density at radius 1 is 1.33 bits per heavy atom. The number of hydrogen-bond acceptors (Lipinski definition) is 2. The van der Waals surface area contributed by atoms with E-state index in [2.05, 4.69) is 6.92 Å². The molecule has 0 spiro atoms. The quantitative estimate of drug-likeness (QED) is 0.462. The molecule has 0 aromatic rings. The SMILES string of the molecule is CC1CN(C(=O)C(=O)N(C)C)C1. The number of amides is 2. The van der Waals surface area contributed by atoms with Gasteiger partial charge in [0.1, 0.15) is 0 Å². The van der Waals surface area contributed by atoms with E-state index >= 15 is 0 Å². The summed E-state index contributed by atoms with van der Waals surface area (Å²) in [5.41, 5.74) is 0. The highest BCUT2D eigenvalue weighted by molar-refractivity contribution is 6.34. The second kappa shape index (κ2) is 3.13. The van der Waals surface area contributed by atoms with Gasteiger partial charge in [-0.25, -0.2) is 0 Å². The Balaban J connectivity index is 2.44. The van der Waals surface area contributed by atoms with Gasteiger partial charge in [0.25, 0.3) is 0 Å². The highest BCUT2D eigenvalue weighted by Gasteiger charge is 2.31. The molecule has 0 aromatic heterocycles. The van der Waals surface area contributed by atoms with Crippen LogP contribution in [0.4, 0.5) is 0 Å². The molecule has 0 saturated carbocycles. The first-order valence-corrected chi connectivity index (χ1v) is 4.03. The molecule has 0 atom stereocenters. The van der Waals surface area contributed by atoms with Crippen LogP contribution >= 0.6 is 0 Å². The van der Waals surface area contributed by atoms with E-state index in [1.165, 1.54) is 4.90 Å². The zero-order valence-corrected chi connectivity index (χ0v) is 7.70. The predicted octanol–water partition coefficient (Wildman–Crippen LogP) is -0.447. The Hall–Kier alpha value is -1.06. The molecule has 2 amide bonds. The van der Waals surface area contributed by atoms with Crippen LogP contribution in [0.15, 0.2) is 0 Å². The molecule has 1 heterocycles. The van der Waals surface area contributed by atoms with Gasteiger partial charge in [-0.15, -0.1) is 0 Å². The van der Waals surface area contributed by atoms with Crippen molar-refractivity contribution >= 4 is 11.8 Å². The fraction of sp³-hybridized carbons (Fsp3) is 0.750. The van der Waals surface area contributed by atoms with Crippen LogP contribution in [0, 0.1) is 5.92 Å². The minimum atomic E-state index is -0.429. The summed E-state index contributed by atoms with van der Waals surface area (Å²) in [6.07, 6.45) is 0. The van der Waals surface area contributed by atoms with Crippen LogP contribution < -0.4 is 0 Å². The third kappa shape index (κ3) is 1.57. The molecule has 1 aliphatic heterocycles. The average molecular weight is 170 g/mol. The third-order valence-electron chi connectivity index (χ3n) is 1.94. The van der Waals surface area contributed by atoms with E-state index < -0.39 is 5.91 Å². The van der Waals surface area contributed by atoms with Crippen molar-refractivity contribution in [3.05, 3.63) is 0 Å². The van der Waals surface area contributed by atoms with Crippen LogP contribution in [0.5, 0.6) is 0 Å². The summed E-state index contributed by atoms with van der Waals surface area (Å²) in [5, 5.41) is 0. The summed E-state index contributed by atoms with van der Waals surface area (Å²) >= 11 is 0. The summed E-state index contributed by atoms with van der Waals surface area (Å²) in [4.78, 5) is 25.3. The van der Waals surface area contributed by atoms with Crippen molar-refractivity contribution < 1.29 is 9.59 Å². The molecule has 0 N–H and O–H groups in total. The van der Waals surface area contributed by atoms with Crippen LogP contribution in [-0.4, -0.2) is 48.8 Å². The number of nitrogens with zero attached hydrogens (tertiary/aromatic N) is 2. The topological polar surface area (TPSA) is 40.6 Å². The normalized spacial score (nSPS) is 17.1. The van der Waals surface area contributed by atoms with Gasteiger partial charge in [0.2, 0.25) is 0 Å². The number of likely N-dealkylation sites (tertiary alicyclic amines) is 1. The van der Waals surface area contributed by atoms with Crippen molar-refractivity contribution in [2.75, 3.05) is 27.2 Å². The van der Waals surface area contributed by atoms with Gasteiger partial charge in [-0.3, -0.25) is 9.59 Å². The molecule has 0 unspecified atom stereocenters. The molecule has 0 aromatic carbocycles. The Bertz CT molecular complexity index is 207. The van der Waals surface area contributed by atoms with Crippen LogP contribution in [0.25, 0.3) is 0 Å². The first kappa shape index (κ1) is 9.03. The zero-order chi connectivity index (χ0) is 9.30. The Labute approximate surface area is 72.1 Å². The van der Waals surface area contributed by atoms with E-state index in [4.69, 9.17) is 0 Å². The van der Waals surface area contributed by atoms with Gasteiger partial charge < -0.3 is 9.80 Å². The molecule has 12 heavy (non-hydrogen) atoms. The van der Waals surface area contributed by atoms with Gasteiger partial charge in [-0.2, -0.15) is 0 Å². The maximum absolute atomic E-state index is 11.2. The number of carbonyl (C=O) groups is 2. The molecular formula is C8H14N2O2. The van der Waals surface area contributed by atoms with Crippen molar-refractivity contribution in [3.8, 4) is 0 Å². The van der Waals surface area contributed by atoms with Gasteiger partial charge in [0.15, 0.2) is 0 Å². The lowest BCUT2D eigenvalue weighted by Gasteiger charge is -2.36. The number of carbonyl (C=O) groups excluding carboxylic acids is 2. The molecule has 1 saturated heterocycles. The summed E-state index contributed by atoms with van der Waals surface area (Å²) < 4.78 is 0. The van der Waals surface area contributed by atoms with Gasteiger partial charge in [0.05, 0.1) is 0 Å². The summed E-state index contributed by atoms with van der Waals surface area (Å²) in [6.45, 7) is 3.50. The lowest BCUT2D eigenvalue weighted by molar-refractivity contribution is -0.154. The number of hydrogen-bond donors (Lipinski definition) is 0. The molecule has 4 heteroatoms. The van der Waals surface area contributed by atoms with E-state index in [-0.39, 0.29) is 5.91 Å². The van der Waals surface area contributed by atoms with Crippen molar-refractivity contribution in [2.45, 2.75) is 6.92 Å². The van der Waals surface area contributed by atoms with E-state index in [1.807, 2.05) is 0 Å². The fourth-order valence-corrected chi connectivity index (χ4v) is 1.19. The van der Waals surface area contributed by atoms with Gasteiger partial charge in [0, 0.05) is 27.2 Å². The van der Waals surface area contributed by atoms with Crippen LogP contribution in [0.1, 0.15) is 6.92 Å². The second-order valence-electron chi connectivity index (χ2n) is 3.51. The average Bonchev–Trinajstić information content (AvgIpc) is 1.95. The van der Waals surface area contributed by atoms with E-state index in [0.29, 0.717) is 5.92 Å². The van der Waals surface area contributed by atoms with Crippen molar-refractivity contribution in [1.29, 1.82) is 0 Å². The highest BCUT2D eigenvalue weighted by atomic mass is 16.2. The fourth-order valence-electron chi connectivity index (χ4n) is 1.19. The summed E-state index contributed by atoms with van der Waals surface area (Å²) in [5.74, 6) is -0.260. The monoisotopic (exact) mass is 170 g/mol. The third-order valence-corrected chi connectivity index (χ3v) is 1.94. The molecular weight excluding hydrogens is 156 g/mol. The minimum absolute atomic E-state index is 0.377. The summed E-state index contributed by atoms with van der Waals surface area (Å²) in [6, 6.07) is 0. The Morgan fingerprint density at radius 2 is 1.83 bits per heavy atom. The van der Waals surface area contributed by atoms with Crippen LogP contribution in [0.2, 0.25) is 0 Å². The minimum Gasteiger partial charge on any atom is -0.341 e. The largest absolute Gasteiger partial charge is 0.341 e. The van der Waals surface area contributed by atoms with Crippen molar-refractivity contribution in [1.82, 2.24) is 9.80 Å². The molecule has 0 aliphatic carbocycles. The molecule has 1 aliphatic rings. The van der Waals surface area contributed by atoms with E-state index in [9.17, 15) is 9.59 Å². The molecule has 4 nitrogen and oxygen atoms in total. The molecule has 0 bridgehead atoms. The first-order chi connectivity index (χ1) is 5.52. The standard InChI is InChI=1S/C8H14N2O2/c1-6-4-10(5-6)8(12)7(11)9(2)3/h6H,4-5H2,1-3H3. The molecule has 0 radical (unpaired) electrons. The van der Waals surface area contributed by atoms with Gasteiger partial charge >= 0.3 is 11.8 Å². The maximum atomic E-state index is 11.2. The van der Waals surface area contributed by atoms with Crippen LogP contribution in [-0.2, 0) is 9.59 Å². The van der Waals surface area contributed by atoms with Crippen LogP contribution in [0.3, 0.4) is 0 Å². The predicted molar refractivity (Wildman–Crippen MR) is 44.4 cm³/mol. The lowest BCUT2D eigenvalue weighted by atomic mass is 10.0. The number of rotatable bonds is 0. The molecule has 1 rings (SSSR count). The number of likely N-dealkylation sites (N-methyl/N-ethyl adjacent to an activating group) is 1. The van der Waals surface area contributed by atoms with Crippen molar-refractivity contribution in [2.24, 2.45) is 5.92 Å². The Morgan fingerprint density at radius 3 is 2.17 bits per heavy atom. The van der Waals surface area contributed by atoms with Gasteiger partial charge in [-0.1, -0.05) is 6.92 Å². The maximum Gasteiger partial charge on any atom is 0.312 e. The van der Waals surface area contributed by atoms with Gasteiger partial charge in [-0.05, 0) is 5.92 Å². The van der Waals surface area contributed by atoms with E-state index in [1.54, 1.807) is 19.0 Å². The van der Waals surface area contributed by atoms with Crippen molar-refractivity contribution in [3.63, 3.8) is 0 Å². The lowest BCUT2D eigenvalue weighted by Crippen LogP contribution is -2.53. The van der Waals surface area contributed by atoms with E-state index in [0.717, 1.165) is 13.1 Å². The highest BCUT2D eigenvalue weighted by Crippen LogP contribution is 2.14. The zero-order valence-electron chi connectivity index (χ0n) is 7.70. The Kier molecular flexibility index (Phi) is 2.35. The summed E-state index contributed by atoms with van der Waals surface area (Å²) in [7, 11) is 3.17. The first-order valence-electron chi connectivity index (χ1n) is 4.03. The molecule has 1 fully saturated rings. The second-order valence-corrected chi connectivity index (χ2v) is 3.51. The molecule has 68 valence electrons.